The SMILES string of the molecule is CC1C(=O)NC(C2CC2)C(=O)N1c1cc(Cl)c(Cl)cc1Cl. The quantitative estimate of drug-likeness (QED) is 0.835. The maximum atomic E-state index is 12.7. The molecule has 1 saturated heterocycles. The predicted octanol–water partition coefficient (Wildman–Crippen LogP) is 3.28. The Bertz CT molecular complexity index is 631. The van der Waals surface area contributed by atoms with E-state index in [2.05, 4.69) is 5.32 Å². The van der Waals surface area contributed by atoms with Gasteiger partial charge in [-0.15, -0.1) is 0 Å². The lowest BCUT2D eigenvalue weighted by Gasteiger charge is -2.38. The van der Waals surface area contributed by atoms with Crippen LogP contribution in [-0.4, -0.2) is 23.9 Å². The Morgan fingerprint density at radius 1 is 1.10 bits per heavy atom. The van der Waals surface area contributed by atoms with Crippen molar-refractivity contribution in [2.75, 3.05) is 4.90 Å². The number of rotatable bonds is 2. The van der Waals surface area contributed by atoms with Crippen molar-refractivity contribution in [1.29, 1.82) is 0 Å². The van der Waals surface area contributed by atoms with Gasteiger partial charge < -0.3 is 5.32 Å². The van der Waals surface area contributed by atoms with Gasteiger partial charge in [-0.3, -0.25) is 14.5 Å². The summed E-state index contributed by atoms with van der Waals surface area (Å²) >= 11 is 18.1. The average molecular weight is 348 g/mol. The fourth-order valence-corrected chi connectivity index (χ4v) is 3.20. The number of piperazine rings is 1. The fourth-order valence-electron chi connectivity index (χ4n) is 2.57. The predicted molar refractivity (Wildman–Crippen MR) is 83.1 cm³/mol. The zero-order valence-corrected chi connectivity index (χ0v) is 13.5. The molecule has 1 saturated carbocycles. The summed E-state index contributed by atoms with van der Waals surface area (Å²) in [6.07, 6.45) is 1.90. The number of anilines is 1. The first-order valence-corrected chi connectivity index (χ1v) is 7.81. The van der Waals surface area contributed by atoms with Crippen molar-refractivity contribution in [2.45, 2.75) is 31.8 Å². The third-order valence-corrected chi connectivity index (χ3v) is 4.94. The minimum Gasteiger partial charge on any atom is -0.342 e. The largest absolute Gasteiger partial charge is 0.342 e. The molecule has 1 aromatic carbocycles. The summed E-state index contributed by atoms with van der Waals surface area (Å²) in [6, 6.07) is 1.91. The van der Waals surface area contributed by atoms with E-state index in [4.69, 9.17) is 34.8 Å². The third kappa shape index (κ3) is 2.60. The number of carbonyl (C=O) groups excluding carboxylic acids is 2. The molecule has 4 nitrogen and oxygen atoms in total. The number of hydrogen-bond acceptors (Lipinski definition) is 2. The van der Waals surface area contributed by atoms with E-state index in [1.165, 1.54) is 17.0 Å². The minimum atomic E-state index is -0.637. The third-order valence-electron chi connectivity index (χ3n) is 3.91. The second-order valence-electron chi connectivity index (χ2n) is 5.43. The Morgan fingerprint density at radius 3 is 2.33 bits per heavy atom. The maximum Gasteiger partial charge on any atom is 0.250 e. The molecule has 2 unspecified atom stereocenters. The molecule has 21 heavy (non-hydrogen) atoms. The summed E-state index contributed by atoms with van der Waals surface area (Å²) in [7, 11) is 0. The second kappa shape index (κ2) is 5.34. The van der Waals surface area contributed by atoms with E-state index >= 15 is 0 Å². The van der Waals surface area contributed by atoms with Crippen LogP contribution in [0.2, 0.25) is 15.1 Å². The molecule has 2 aliphatic rings. The summed E-state index contributed by atoms with van der Waals surface area (Å²) in [5, 5.41) is 3.70. The summed E-state index contributed by atoms with van der Waals surface area (Å²) in [5.74, 6) is -0.114. The van der Waals surface area contributed by atoms with Gasteiger partial charge in [0, 0.05) is 0 Å². The lowest BCUT2D eigenvalue weighted by molar-refractivity contribution is -0.133. The maximum absolute atomic E-state index is 12.7. The van der Waals surface area contributed by atoms with E-state index in [9.17, 15) is 9.59 Å². The monoisotopic (exact) mass is 346 g/mol. The molecule has 3 rings (SSSR count). The van der Waals surface area contributed by atoms with Gasteiger partial charge in [-0.1, -0.05) is 34.8 Å². The van der Waals surface area contributed by atoms with Gasteiger partial charge in [-0.2, -0.15) is 0 Å². The fraction of sp³-hybridized carbons (Fsp3) is 0.429. The molecule has 1 aliphatic heterocycles. The van der Waals surface area contributed by atoms with Crippen LogP contribution in [0.4, 0.5) is 5.69 Å². The average Bonchev–Trinajstić information content (AvgIpc) is 3.24. The molecule has 1 heterocycles. The highest BCUT2D eigenvalue weighted by Crippen LogP contribution is 2.39. The van der Waals surface area contributed by atoms with E-state index in [1.54, 1.807) is 6.92 Å². The molecule has 1 aromatic rings. The molecule has 0 aromatic heterocycles. The number of nitrogens with zero attached hydrogens (tertiary/aromatic N) is 1. The summed E-state index contributed by atoms with van der Waals surface area (Å²) < 4.78 is 0. The van der Waals surface area contributed by atoms with E-state index in [0.29, 0.717) is 20.8 Å². The molecule has 112 valence electrons. The standard InChI is InChI=1S/C14H13Cl3N2O2/c1-6-13(20)18-12(7-2-3-7)14(21)19(6)11-5-9(16)8(15)4-10(11)17/h4-7,12H,2-3H2,1H3,(H,18,20). The van der Waals surface area contributed by atoms with Crippen LogP contribution < -0.4 is 10.2 Å². The first-order chi connectivity index (χ1) is 9.90. The molecule has 2 fully saturated rings. The molecule has 1 aliphatic carbocycles. The number of halogens is 3. The first-order valence-electron chi connectivity index (χ1n) is 6.68. The number of hydrogen-bond donors (Lipinski definition) is 1. The van der Waals surface area contributed by atoms with E-state index in [-0.39, 0.29) is 17.7 Å². The van der Waals surface area contributed by atoms with Gasteiger partial charge in [0.2, 0.25) is 5.91 Å². The zero-order valence-electron chi connectivity index (χ0n) is 11.2. The number of amides is 2. The molecule has 2 atom stereocenters. The first kappa shape index (κ1) is 14.9. The Kier molecular flexibility index (Phi) is 3.80. The van der Waals surface area contributed by atoms with Crippen LogP contribution in [0.15, 0.2) is 12.1 Å². The summed E-state index contributed by atoms with van der Waals surface area (Å²) in [5.41, 5.74) is 0.420. The Labute approximate surface area is 137 Å². The Morgan fingerprint density at radius 2 is 1.71 bits per heavy atom. The van der Waals surface area contributed by atoms with Crippen LogP contribution in [0, 0.1) is 5.92 Å². The van der Waals surface area contributed by atoms with Crippen molar-refractivity contribution in [3.05, 3.63) is 27.2 Å². The van der Waals surface area contributed by atoms with Crippen LogP contribution in [-0.2, 0) is 9.59 Å². The van der Waals surface area contributed by atoms with E-state index < -0.39 is 12.1 Å². The molecule has 7 heteroatoms. The highest BCUT2D eigenvalue weighted by molar-refractivity contribution is 6.44. The number of benzene rings is 1. The Balaban J connectivity index is 2.03. The van der Waals surface area contributed by atoms with Gasteiger partial charge in [0.05, 0.1) is 20.8 Å². The van der Waals surface area contributed by atoms with Crippen LogP contribution in [0.1, 0.15) is 19.8 Å². The van der Waals surface area contributed by atoms with Crippen LogP contribution in [0.5, 0.6) is 0 Å². The highest BCUT2D eigenvalue weighted by atomic mass is 35.5. The van der Waals surface area contributed by atoms with Crippen molar-refractivity contribution in [1.82, 2.24) is 5.32 Å². The number of nitrogens with one attached hydrogen (secondary N) is 1. The lowest BCUT2D eigenvalue weighted by atomic mass is 10.0. The molecule has 0 bridgehead atoms. The van der Waals surface area contributed by atoms with E-state index in [1.807, 2.05) is 0 Å². The van der Waals surface area contributed by atoms with Gasteiger partial charge in [-0.25, -0.2) is 0 Å². The zero-order chi connectivity index (χ0) is 15.3. The van der Waals surface area contributed by atoms with Gasteiger partial charge in [0.25, 0.3) is 5.91 Å². The van der Waals surface area contributed by atoms with Gasteiger partial charge in [0.1, 0.15) is 12.1 Å². The molecule has 0 radical (unpaired) electrons. The van der Waals surface area contributed by atoms with Crippen molar-refractivity contribution < 1.29 is 9.59 Å². The molecular formula is C14H13Cl3N2O2. The van der Waals surface area contributed by atoms with Gasteiger partial charge in [0.15, 0.2) is 0 Å². The van der Waals surface area contributed by atoms with E-state index in [0.717, 1.165) is 12.8 Å². The van der Waals surface area contributed by atoms with Crippen LogP contribution in [0.3, 0.4) is 0 Å². The minimum absolute atomic E-state index is 0.148. The number of carbonyl (C=O) groups is 2. The van der Waals surface area contributed by atoms with Crippen molar-refractivity contribution >= 4 is 52.3 Å². The van der Waals surface area contributed by atoms with Crippen LogP contribution in [0.25, 0.3) is 0 Å². The van der Waals surface area contributed by atoms with Crippen molar-refractivity contribution in [3.8, 4) is 0 Å². The summed E-state index contributed by atoms with van der Waals surface area (Å²) in [6.45, 7) is 1.66. The molecule has 2 amide bonds. The van der Waals surface area contributed by atoms with Gasteiger partial charge in [-0.05, 0) is 37.8 Å². The van der Waals surface area contributed by atoms with Crippen molar-refractivity contribution in [2.24, 2.45) is 5.92 Å². The Hall–Kier alpha value is -0.970. The smallest absolute Gasteiger partial charge is 0.250 e. The van der Waals surface area contributed by atoms with Crippen molar-refractivity contribution in [3.63, 3.8) is 0 Å². The topological polar surface area (TPSA) is 49.4 Å². The highest BCUT2D eigenvalue weighted by Gasteiger charge is 2.46. The normalized spacial score (nSPS) is 26.0. The van der Waals surface area contributed by atoms with Gasteiger partial charge >= 0.3 is 0 Å². The van der Waals surface area contributed by atoms with Crippen LogP contribution >= 0.6 is 34.8 Å². The lowest BCUT2D eigenvalue weighted by Crippen LogP contribution is -2.63. The summed E-state index contributed by atoms with van der Waals surface area (Å²) in [4.78, 5) is 26.2. The second-order valence-corrected chi connectivity index (χ2v) is 6.65. The molecule has 0 spiro atoms. The molecule has 1 N–H and O–H groups in total. The molecular weight excluding hydrogens is 335 g/mol.